The average Bonchev–Trinajstić information content (AvgIpc) is 3.32. The van der Waals surface area contributed by atoms with Crippen LogP contribution in [0.1, 0.15) is 31.1 Å². The van der Waals surface area contributed by atoms with E-state index in [1.54, 1.807) is 17.5 Å². The summed E-state index contributed by atoms with van der Waals surface area (Å²) < 4.78 is 0. The maximum atomic E-state index is 6.28. The minimum Gasteiger partial charge on any atom is -0.357 e. The first kappa shape index (κ1) is 19.0. The van der Waals surface area contributed by atoms with Crippen molar-refractivity contribution in [3.63, 3.8) is 0 Å². The molecule has 2 N–H and O–H groups in total. The van der Waals surface area contributed by atoms with Gasteiger partial charge in [0, 0.05) is 42.7 Å². The number of guanidine groups is 1. The zero-order chi connectivity index (χ0) is 18.4. The first-order valence-corrected chi connectivity index (χ1v) is 10.4. The van der Waals surface area contributed by atoms with Crippen LogP contribution < -0.4 is 15.5 Å². The van der Waals surface area contributed by atoms with Crippen LogP contribution in [0.3, 0.4) is 0 Å². The van der Waals surface area contributed by atoms with Crippen molar-refractivity contribution < 1.29 is 0 Å². The lowest BCUT2D eigenvalue weighted by Crippen LogP contribution is -2.44. The highest BCUT2D eigenvalue weighted by Crippen LogP contribution is 2.25. The SMILES string of the molecule is CCNC(=NCC(C)c1cccs1)NC1CCN(c2ncccc2Cl)C1. The minimum atomic E-state index is 0.336. The number of rotatable bonds is 6. The normalized spacial score (nSPS) is 18.8. The molecular weight excluding hydrogens is 366 g/mol. The lowest BCUT2D eigenvalue weighted by Gasteiger charge is -2.20. The maximum Gasteiger partial charge on any atom is 0.191 e. The molecule has 0 aromatic carbocycles. The predicted molar refractivity (Wildman–Crippen MR) is 112 cm³/mol. The molecule has 2 aromatic heterocycles. The van der Waals surface area contributed by atoms with Crippen molar-refractivity contribution in [2.75, 3.05) is 31.1 Å². The monoisotopic (exact) mass is 391 g/mol. The van der Waals surface area contributed by atoms with Crippen LogP contribution in [-0.4, -0.2) is 43.2 Å². The second kappa shape index (κ2) is 9.24. The summed E-state index contributed by atoms with van der Waals surface area (Å²) in [6.07, 6.45) is 2.83. The Labute approximate surface area is 164 Å². The highest BCUT2D eigenvalue weighted by molar-refractivity contribution is 7.10. The van der Waals surface area contributed by atoms with E-state index in [9.17, 15) is 0 Å². The van der Waals surface area contributed by atoms with Crippen LogP contribution in [0, 0.1) is 0 Å². The van der Waals surface area contributed by atoms with Crippen LogP contribution in [-0.2, 0) is 0 Å². The van der Waals surface area contributed by atoms with Gasteiger partial charge in [0.2, 0.25) is 0 Å². The van der Waals surface area contributed by atoms with Crippen molar-refractivity contribution in [2.24, 2.45) is 4.99 Å². The van der Waals surface area contributed by atoms with Gasteiger partial charge in [0.15, 0.2) is 5.96 Å². The van der Waals surface area contributed by atoms with Gasteiger partial charge in [0.1, 0.15) is 5.82 Å². The molecule has 3 rings (SSSR count). The maximum absolute atomic E-state index is 6.28. The first-order valence-electron chi connectivity index (χ1n) is 9.11. The van der Waals surface area contributed by atoms with Gasteiger partial charge in [-0.1, -0.05) is 24.6 Å². The second-order valence-electron chi connectivity index (χ2n) is 6.52. The van der Waals surface area contributed by atoms with Gasteiger partial charge in [0.05, 0.1) is 11.6 Å². The van der Waals surface area contributed by atoms with Crippen molar-refractivity contribution in [1.82, 2.24) is 15.6 Å². The molecule has 0 amide bonds. The zero-order valence-electron chi connectivity index (χ0n) is 15.3. The Kier molecular flexibility index (Phi) is 6.74. The molecular formula is C19H26ClN5S. The third kappa shape index (κ3) is 4.89. The number of hydrogen-bond acceptors (Lipinski definition) is 4. The molecule has 140 valence electrons. The van der Waals surface area contributed by atoms with Gasteiger partial charge >= 0.3 is 0 Å². The Morgan fingerprint density at radius 2 is 2.35 bits per heavy atom. The molecule has 2 unspecified atom stereocenters. The van der Waals surface area contributed by atoms with Crippen molar-refractivity contribution >= 4 is 34.7 Å². The van der Waals surface area contributed by atoms with Crippen LogP contribution >= 0.6 is 22.9 Å². The van der Waals surface area contributed by atoms with Gasteiger partial charge in [-0.15, -0.1) is 11.3 Å². The molecule has 0 radical (unpaired) electrons. The van der Waals surface area contributed by atoms with Gasteiger partial charge in [-0.3, -0.25) is 4.99 Å². The summed E-state index contributed by atoms with van der Waals surface area (Å²) in [6, 6.07) is 8.36. The van der Waals surface area contributed by atoms with Crippen molar-refractivity contribution in [3.05, 3.63) is 45.7 Å². The summed E-state index contributed by atoms with van der Waals surface area (Å²) in [7, 11) is 0. The molecule has 3 heterocycles. The Morgan fingerprint density at radius 1 is 1.46 bits per heavy atom. The van der Waals surface area contributed by atoms with Gasteiger partial charge in [-0.25, -0.2) is 4.98 Å². The van der Waals surface area contributed by atoms with Crippen LogP contribution in [0.15, 0.2) is 40.8 Å². The summed E-state index contributed by atoms with van der Waals surface area (Å²) in [5.74, 6) is 2.18. The van der Waals surface area contributed by atoms with E-state index in [4.69, 9.17) is 16.6 Å². The smallest absolute Gasteiger partial charge is 0.191 e. The number of halogens is 1. The summed E-state index contributed by atoms with van der Waals surface area (Å²) >= 11 is 8.07. The molecule has 2 aromatic rings. The third-order valence-electron chi connectivity index (χ3n) is 4.46. The fourth-order valence-electron chi connectivity index (χ4n) is 3.08. The van der Waals surface area contributed by atoms with Crippen molar-refractivity contribution in [3.8, 4) is 0 Å². The Hall–Kier alpha value is -1.79. The van der Waals surface area contributed by atoms with Crippen LogP contribution in [0.25, 0.3) is 0 Å². The molecule has 0 spiro atoms. The number of nitrogens with zero attached hydrogens (tertiary/aromatic N) is 3. The van der Waals surface area contributed by atoms with E-state index in [2.05, 4.69) is 51.9 Å². The van der Waals surface area contributed by atoms with E-state index in [-0.39, 0.29) is 0 Å². The number of pyridine rings is 1. The van der Waals surface area contributed by atoms with Gasteiger partial charge in [0.25, 0.3) is 0 Å². The molecule has 26 heavy (non-hydrogen) atoms. The van der Waals surface area contributed by atoms with E-state index >= 15 is 0 Å². The first-order chi connectivity index (χ1) is 12.7. The number of thiophene rings is 1. The largest absolute Gasteiger partial charge is 0.357 e. The number of hydrogen-bond donors (Lipinski definition) is 2. The lowest BCUT2D eigenvalue weighted by molar-refractivity contribution is 0.645. The standard InChI is InChI=1S/C19H26ClN5S/c1-3-21-19(23-12-14(2)17-7-5-11-26-17)24-15-8-10-25(13-15)18-16(20)6-4-9-22-18/h4-7,9,11,14-15H,3,8,10,12-13H2,1-2H3,(H2,21,23,24). The zero-order valence-corrected chi connectivity index (χ0v) is 16.9. The molecule has 1 aliphatic heterocycles. The number of nitrogens with one attached hydrogen (secondary N) is 2. The Balaban J connectivity index is 1.58. The summed E-state index contributed by atoms with van der Waals surface area (Å²) in [5, 5.41) is 9.75. The van der Waals surface area contributed by atoms with Gasteiger partial charge < -0.3 is 15.5 Å². The Bertz CT molecular complexity index is 718. The van der Waals surface area contributed by atoms with Crippen LogP contribution in [0.4, 0.5) is 5.82 Å². The molecule has 7 heteroatoms. The summed E-state index contributed by atoms with van der Waals surface area (Å²) in [5.41, 5.74) is 0. The lowest BCUT2D eigenvalue weighted by atomic mass is 10.1. The average molecular weight is 392 g/mol. The Morgan fingerprint density at radius 3 is 3.08 bits per heavy atom. The van der Waals surface area contributed by atoms with Crippen molar-refractivity contribution in [2.45, 2.75) is 32.2 Å². The fraction of sp³-hybridized carbons (Fsp3) is 0.474. The van der Waals surface area contributed by atoms with E-state index in [0.717, 1.165) is 44.4 Å². The molecule has 0 bridgehead atoms. The summed E-state index contributed by atoms with van der Waals surface area (Å²) in [6.45, 7) is 7.76. The van der Waals surface area contributed by atoms with E-state index < -0.39 is 0 Å². The molecule has 5 nitrogen and oxygen atoms in total. The van der Waals surface area contributed by atoms with E-state index in [1.807, 2.05) is 12.1 Å². The molecule has 1 fully saturated rings. The topological polar surface area (TPSA) is 52.6 Å². The fourth-order valence-corrected chi connectivity index (χ4v) is 4.10. The van der Waals surface area contributed by atoms with Crippen LogP contribution in [0.5, 0.6) is 0 Å². The molecule has 0 aliphatic carbocycles. The minimum absolute atomic E-state index is 0.336. The molecule has 2 atom stereocenters. The highest BCUT2D eigenvalue weighted by Gasteiger charge is 2.25. The number of aromatic nitrogens is 1. The quantitative estimate of drug-likeness (QED) is 0.581. The highest BCUT2D eigenvalue weighted by atomic mass is 35.5. The number of anilines is 1. The van der Waals surface area contributed by atoms with Crippen LogP contribution in [0.2, 0.25) is 5.02 Å². The molecule has 1 aliphatic rings. The predicted octanol–water partition coefficient (Wildman–Crippen LogP) is 3.73. The molecule has 1 saturated heterocycles. The van der Waals surface area contributed by atoms with Gasteiger partial charge in [-0.2, -0.15) is 0 Å². The van der Waals surface area contributed by atoms with E-state index in [1.165, 1.54) is 4.88 Å². The third-order valence-corrected chi connectivity index (χ3v) is 5.86. The van der Waals surface area contributed by atoms with Crippen molar-refractivity contribution in [1.29, 1.82) is 0 Å². The molecule has 0 saturated carbocycles. The second-order valence-corrected chi connectivity index (χ2v) is 7.91. The van der Waals surface area contributed by atoms with E-state index in [0.29, 0.717) is 17.0 Å². The number of aliphatic imine (C=N–C) groups is 1. The summed E-state index contributed by atoms with van der Waals surface area (Å²) in [4.78, 5) is 12.8. The van der Waals surface area contributed by atoms with Gasteiger partial charge in [-0.05, 0) is 36.9 Å².